The highest BCUT2D eigenvalue weighted by Crippen LogP contribution is 2.37. The van der Waals surface area contributed by atoms with E-state index >= 15 is 0 Å². The minimum absolute atomic E-state index is 0.454. The van der Waals surface area contributed by atoms with E-state index in [0.717, 1.165) is 10.0 Å². The van der Waals surface area contributed by atoms with Gasteiger partial charge < -0.3 is 10.5 Å². The first-order valence-electron chi connectivity index (χ1n) is 5.67. The van der Waals surface area contributed by atoms with E-state index in [0.29, 0.717) is 26.4 Å². The molecular weight excluding hydrogens is 384 g/mol. The number of rotatable bonds is 3. The van der Waals surface area contributed by atoms with Crippen LogP contribution in [0.2, 0.25) is 15.1 Å². The van der Waals surface area contributed by atoms with Crippen molar-refractivity contribution in [3.63, 3.8) is 0 Å². The van der Waals surface area contributed by atoms with E-state index in [-0.39, 0.29) is 0 Å². The Morgan fingerprint density at radius 1 is 1.00 bits per heavy atom. The summed E-state index contributed by atoms with van der Waals surface area (Å²) in [5.74, 6) is 0.509. The molecule has 0 saturated carbocycles. The summed E-state index contributed by atoms with van der Waals surface area (Å²) in [5, 5.41) is 1.50. The molecule has 20 heavy (non-hydrogen) atoms. The number of methoxy groups -OCH3 is 1. The number of ether oxygens (including phenoxy) is 1. The Morgan fingerprint density at radius 3 is 2.25 bits per heavy atom. The largest absolute Gasteiger partial charge is 0.495 e. The number of hydrogen-bond donors (Lipinski definition) is 1. The summed E-state index contributed by atoms with van der Waals surface area (Å²) in [7, 11) is 1.53. The van der Waals surface area contributed by atoms with Crippen molar-refractivity contribution in [1.29, 1.82) is 0 Å². The molecule has 0 amide bonds. The van der Waals surface area contributed by atoms with Crippen molar-refractivity contribution in [1.82, 2.24) is 0 Å². The van der Waals surface area contributed by atoms with E-state index in [2.05, 4.69) is 15.9 Å². The molecule has 0 bridgehead atoms. The maximum atomic E-state index is 6.24. The summed E-state index contributed by atoms with van der Waals surface area (Å²) >= 11 is 21.9. The first-order chi connectivity index (χ1) is 9.43. The highest BCUT2D eigenvalue weighted by atomic mass is 79.9. The third-order valence-electron chi connectivity index (χ3n) is 2.90. The van der Waals surface area contributed by atoms with Crippen LogP contribution in [0.4, 0.5) is 0 Å². The lowest BCUT2D eigenvalue weighted by atomic mass is 9.99. The van der Waals surface area contributed by atoms with Crippen molar-refractivity contribution in [2.24, 2.45) is 5.73 Å². The molecule has 2 N–H and O–H groups in total. The third kappa shape index (κ3) is 3.23. The Hall–Kier alpha value is -0.450. The zero-order valence-electron chi connectivity index (χ0n) is 10.5. The van der Waals surface area contributed by atoms with Crippen LogP contribution in [0.3, 0.4) is 0 Å². The van der Waals surface area contributed by atoms with Crippen molar-refractivity contribution < 1.29 is 4.74 Å². The summed E-state index contributed by atoms with van der Waals surface area (Å²) < 4.78 is 6.00. The van der Waals surface area contributed by atoms with Gasteiger partial charge in [0.05, 0.1) is 18.2 Å². The van der Waals surface area contributed by atoms with Crippen LogP contribution in [0.5, 0.6) is 5.75 Å². The topological polar surface area (TPSA) is 35.2 Å². The van der Waals surface area contributed by atoms with Gasteiger partial charge >= 0.3 is 0 Å². The predicted octanol–water partition coefficient (Wildman–Crippen LogP) is 5.47. The standard InChI is InChI=1S/C14H11BrCl3NO/c1-20-13-6-11(17)9(5-12(13)18)14(19)8-3-2-7(15)4-10(8)16/h2-6,14H,19H2,1H3. The Labute approximate surface area is 140 Å². The SMILES string of the molecule is COc1cc(Cl)c(C(N)c2ccc(Br)cc2Cl)cc1Cl. The minimum atomic E-state index is -0.466. The number of nitrogens with two attached hydrogens (primary N) is 1. The molecule has 0 fully saturated rings. The second-order valence-corrected chi connectivity index (χ2v) is 6.29. The van der Waals surface area contributed by atoms with Crippen molar-refractivity contribution in [3.05, 3.63) is 61.0 Å². The Bertz CT molecular complexity index is 649. The third-order valence-corrected chi connectivity index (χ3v) is 4.35. The summed E-state index contributed by atoms with van der Waals surface area (Å²) in [5.41, 5.74) is 7.72. The molecule has 2 aromatic carbocycles. The first kappa shape index (κ1) is 15.9. The van der Waals surface area contributed by atoms with Gasteiger partial charge in [-0.1, -0.05) is 56.8 Å². The van der Waals surface area contributed by atoms with Crippen LogP contribution in [-0.4, -0.2) is 7.11 Å². The molecule has 2 rings (SSSR count). The molecule has 2 aromatic rings. The van der Waals surface area contributed by atoms with E-state index in [9.17, 15) is 0 Å². The fraction of sp³-hybridized carbons (Fsp3) is 0.143. The van der Waals surface area contributed by atoms with Crippen LogP contribution in [0, 0.1) is 0 Å². The van der Waals surface area contributed by atoms with Crippen molar-refractivity contribution in [2.45, 2.75) is 6.04 Å². The monoisotopic (exact) mass is 393 g/mol. The lowest BCUT2D eigenvalue weighted by Gasteiger charge is -2.17. The van der Waals surface area contributed by atoms with Crippen LogP contribution in [0.25, 0.3) is 0 Å². The quantitative estimate of drug-likeness (QED) is 0.748. The maximum absolute atomic E-state index is 6.24. The van der Waals surface area contributed by atoms with Crippen LogP contribution < -0.4 is 10.5 Å². The second-order valence-electron chi connectivity index (χ2n) is 4.15. The van der Waals surface area contributed by atoms with Gasteiger partial charge in [-0.05, 0) is 29.3 Å². The summed E-state index contributed by atoms with van der Waals surface area (Å²) in [6, 6.07) is 8.39. The van der Waals surface area contributed by atoms with Gasteiger partial charge in [-0.15, -0.1) is 0 Å². The van der Waals surface area contributed by atoms with Gasteiger partial charge in [0.15, 0.2) is 0 Å². The molecule has 6 heteroatoms. The van der Waals surface area contributed by atoms with E-state index in [4.69, 9.17) is 45.3 Å². The van der Waals surface area contributed by atoms with Gasteiger partial charge in [0.25, 0.3) is 0 Å². The van der Waals surface area contributed by atoms with E-state index < -0.39 is 6.04 Å². The number of benzene rings is 2. The normalized spacial score (nSPS) is 12.3. The highest BCUT2D eigenvalue weighted by molar-refractivity contribution is 9.10. The fourth-order valence-corrected chi connectivity index (χ4v) is 3.17. The molecule has 1 unspecified atom stereocenters. The van der Waals surface area contributed by atoms with E-state index in [1.807, 2.05) is 12.1 Å². The lowest BCUT2D eigenvalue weighted by molar-refractivity contribution is 0.415. The summed E-state index contributed by atoms with van der Waals surface area (Å²) in [4.78, 5) is 0. The van der Waals surface area contributed by atoms with Gasteiger partial charge in [0, 0.05) is 20.6 Å². The molecular formula is C14H11BrCl3NO. The Morgan fingerprint density at radius 2 is 1.65 bits per heavy atom. The zero-order chi connectivity index (χ0) is 14.9. The van der Waals surface area contributed by atoms with Crippen molar-refractivity contribution in [3.8, 4) is 5.75 Å². The van der Waals surface area contributed by atoms with Gasteiger partial charge in [-0.3, -0.25) is 0 Å². The van der Waals surface area contributed by atoms with Crippen LogP contribution in [-0.2, 0) is 0 Å². The van der Waals surface area contributed by atoms with Crippen molar-refractivity contribution >= 4 is 50.7 Å². The molecule has 0 radical (unpaired) electrons. The molecule has 0 spiro atoms. The van der Waals surface area contributed by atoms with Crippen LogP contribution >= 0.6 is 50.7 Å². The van der Waals surface area contributed by atoms with E-state index in [1.54, 1.807) is 18.2 Å². The zero-order valence-corrected chi connectivity index (χ0v) is 14.3. The van der Waals surface area contributed by atoms with Crippen LogP contribution in [0.1, 0.15) is 17.2 Å². The molecule has 0 aromatic heterocycles. The lowest BCUT2D eigenvalue weighted by Crippen LogP contribution is -2.13. The summed E-state index contributed by atoms with van der Waals surface area (Å²) in [6.45, 7) is 0. The average molecular weight is 396 g/mol. The maximum Gasteiger partial charge on any atom is 0.138 e. The second kappa shape index (κ2) is 6.54. The molecule has 0 aliphatic rings. The number of halogens is 4. The molecule has 0 aliphatic heterocycles. The molecule has 0 saturated heterocycles. The van der Waals surface area contributed by atoms with Gasteiger partial charge in [0.2, 0.25) is 0 Å². The predicted molar refractivity (Wildman–Crippen MR) is 88.2 cm³/mol. The highest BCUT2D eigenvalue weighted by Gasteiger charge is 2.18. The molecule has 106 valence electrons. The van der Waals surface area contributed by atoms with Gasteiger partial charge in [0.1, 0.15) is 5.75 Å². The Balaban J connectivity index is 2.48. The van der Waals surface area contributed by atoms with Gasteiger partial charge in [-0.25, -0.2) is 0 Å². The minimum Gasteiger partial charge on any atom is -0.495 e. The van der Waals surface area contributed by atoms with E-state index in [1.165, 1.54) is 7.11 Å². The molecule has 1 atom stereocenters. The Kier molecular flexibility index (Phi) is 5.21. The molecule has 2 nitrogen and oxygen atoms in total. The van der Waals surface area contributed by atoms with Gasteiger partial charge in [-0.2, -0.15) is 0 Å². The first-order valence-corrected chi connectivity index (χ1v) is 7.60. The van der Waals surface area contributed by atoms with Crippen molar-refractivity contribution in [2.75, 3.05) is 7.11 Å². The smallest absolute Gasteiger partial charge is 0.138 e. The van der Waals surface area contributed by atoms with Crippen LogP contribution in [0.15, 0.2) is 34.8 Å². The molecule has 0 heterocycles. The summed E-state index contributed by atoms with van der Waals surface area (Å²) in [6.07, 6.45) is 0. The average Bonchev–Trinajstić information content (AvgIpc) is 2.40. The fourth-order valence-electron chi connectivity index (χ4n) is 1.86. The number of hydrogen-bond acceptors (Lipinski definition) is 2. The molecule has 0 aliphatic carbocycles.